The summed E-state index contributed by atoms with van der Waals surface area (Å²) >= 11 is 13.9. The lowest BCUT2D eigenvalue weighted by Crippen LogP contribution is -2.46. The van der Waals surface area contributed by atoms with E-state index in [1.54, 1.807) is 44.1 Å². The van der Waals surface area contributed by atoms with Crippen molar-refractivity contribution in [2.45, 2.75) is 25.3 Å². The zero-order valence-corrected chi connectivity index (χ0v) is 18.4. The summed E-state index contributed by atoms with van der Waals surface area (Å²) in [6.45, 7) is 0. The first kappa shape index (κ1) is 22.8. The number of rotatable bonds is 6. The van der Waals surface area contributed by atoms with Gasteiger partial charge in [0, 0.05) is 30.6 Å². The zero-order chi connectivity index (χ0) is 20.9. The number of ether oxygens (including phenoxy) is 1. The Labute approximate surface area is 179 Å². The highest BCUT2D eigenvalue weighted by Gasteiger charge is 2.44. The minimum absolute atomic E-state index is 0.0172. The number of methoxy groups -OCH3 is 1. The van der Waals surface area contributed by atoms with Crippen LogP contribution in [0.5, 0.6) is 0 Å². The molecule has 1 saturated heterocycles. The van der Waals surface area contributed by atoms with Gasteiger partial charge in [0.05, 0.1) is 12.5 Å². The minimum atomic E-state index is -1.01. The van der Waals surface area contributed by atoms with Crippen molar-refractivity contribution in [2.24, 2.45) is 5.41 Å². The van der Waals surface area contributed by atoms with E-state index in [1.807, 2.05) is 0 Å². The van der Waals surface area contributed by atoms with Crippen molar-refractivity contribution in [3.8, 4) is 0 Å². The molecule has 1 aliphatic heterocycles. The monoisotopic (exact) mass is 446 g/mol. The highest BCUT2D eigenvalue weighted by molar-refractivity contribution is 7.99. The number of carbonyl (C=O) groups is 3. The van der Waals surface area contributed by atoms with E-state index in [0.717, 1.165) is 11.5 Å². The Balaban J connectivity index is 2.37. The SMILES string of the molecule is COC(=O)NC(C(=O)CC1(C(=O)N(C)C)CCSCC1)c1cc(Cl)cc(Cl)c1. The Kier molecular flexibility index (Phi) is 8.04. The van der Waals surface area contributed by atoms with E-state index in [4.69, 9.17) is 23.2 Å². The average Bonchev–Trinajstić information content (AvgIpc) is 2.64. The van der Waals surface area contributed by atoms with Gasteiger partial charge < -0.3 is 15.0 Å². The molecule has 1 aliphatic rings. The van der Waals surface area contributed by atoms with Gasteiger partial charge in [-0.3, -0.25) is 9.59 Å². The van der Waals surface area contributed by atoms with Gasteiger partial charge in [-0.2, -0.15) is 11.8 Å². The first-order chi connectivity index (χ1) is 13.2. The molecule has 0 radical (unpaired) electrons. The van der Waals surface area contributed by atoms with Gasteiger partial charge in [0.25, 0.3) is 0 Å². The van der Waals surface area contributed by atoms with Gasteiger partial charge >= 0.3 is 6.09 Å². The number of Topliss-reactive ketones (excluding diaryl/α,β-unsaturated/α-hetero) is 1. The van der Waals surface area contributed by atoms with Gasteiger partial charge in [0.1, 0.15) is 6.04 Å². The van der Waals surface area contributed by atoms with Crippen molar-refractivity contribution in [1.29, 1.82) is 0 Å². The number of thioether (sulfide) groups is 1. The molecule has 2 rings (SSSR count). The summed E-state index contributed by atoms with van der Waals surface area (Å²) in [5.74, 6) is 1.27. The van der Waals surface area contributed by atoms with Crippen molar-refractivity contribution < 1.29 is 19.1 Å². The van der Waals surface area contributed by atoms with Gasteiger partial charge in [-0.05, 0) is 48.1 Å². The molecule has 0 aliphatic carbocycles. The molecule has 0 saturated carbocycles. The number of halogens is 2. The summed E-state index contributed by atoms with van der Waals surface area (Å²) in [6, 6.07) is 3.68. The van der Waals surface area contributed by atoms with Crippen LogP contribution in [0.3, 0.4) is 0 Å². The standard InChI is InChI=1S/C19H24Cl2N2O4S/c1-23(2)17(25)19(4-6-28-7-5-19)11-15(24)16(22-18(26)27-3)12-8-13(20)10-14(21)9-12/h8-10,16H,4-7,11H2,1-3H3,(H,22,26). The van der Waals surface area contributed by atoms with E-state index in [9.17, 15) is 14.4 Å². The molecule has 2 amide bonds. The lowest BCUT2D eigenvalue weighted by atomic mass is 9.74. The number of ketones is 1. The van der Waals surface area contributed by atoms with Crippen molar-refractivity contribution in [3.05, 3.63) is 33.8 Å². The number of carbonyl (C=O) groups excluding carboxylic acids is 3. The van der Waals surface area contributed by atoms with Crippen LogP contribution in [0, 0.1) is 5.41 Å². The van der Waals surface area contributed by atoms with Crippen molar-refractivity contribution >= 4 is 52.7 Å². The molecule has 0 bridgehead atoms. The van der Waals surface area contributed by atoms with E-state index >= 15 is 0 Å². The van der Waals surface area contributed by atoms with Crippen LogP contribution in [0.15, 0.2) is 18.2 Å². The molecule has 1 fully saturated rings. The smallest absolute Gasteiger partial charge is 0.407 e. The van der Waals surface area contributed by atoms with Crippen LogP contribution in [-0.4, -0.2) is 55.4 Å². The molecule has 0 aromatic heterocycles. The number of hydrogen-bond acceptors (Lipinski definition) is 5. The average molecular weight is 447 g/mol. The summed E-state index contributed by atoms with van der Waals surface area (Å²) < 4.78 is 4.67. The maximum atomic E-state index is 13.3. The van der Waals surface area contributed by atoms with E-state index in [0.29, 0.717) is 28.5 Å². The maximum Gasteiger partial charge on any atom is 0.407 e. The summed E-state index contributed by atoms with van der Waals surface area (Å²) in [7, 11) is 4.60. The number of nitrogens with zero attached hydrogens (tertiary/aromatic N) is 1. The fourth-order valence-electron chi connectivity index (χ4n) is 3.41. The predicted octanol–water partition coefficient (Wildman–Crippen LogP) is 3.95. The lowest BCUT2D eigenvalue weighted by molar-refractivity contribution is -0.144. The lowest BCUT2D eigenvalue weighted by Gasteiger charge is -2.38. The van der Waals surface area contributed by atoms with Gasteiger partial charge in [0.15, 0.2) is 5.78 Å². The number of nitrogens with one attached hydrogen (secondary N) is 1. The number of alkyl carbamates (subject to hydrolysis) is 1. The highest BCUT2D eigenvalue weighted by Crippen LogP contribution is 2.41. The molecular formula is C19H24Cl2N2O4S. The second-order valence-electron chi connectivity index (χ2n) is 7.01. The molecular weight excluding hydrogens is 423 g/mol. The fourth-order valence-corrected chi connectivity index (χ4v) is 5.22. The summed E-state index contributed by atoms with van der Waals surface area (Å²) in [4.78, 5) is 39.6. The molecule has 1 aromatic rings. The minimum Gasteiger partial charge on any atom is -0.453 e. The largest absolute Gasteiger partial charge is 0.453 e. The van der Waals surface area contributed by atoms with Crippen molar-refractivity contribution in [2.75, 3.05) is 32.7 Å². The summed E-state index contributed by atoms with van der Waals surface area (Å²) in [5, 5.41) is 3.25. The van der Waals surface area contributed by atoms with E-state index in [-0.39, 0.29) is 18.1 Å². The van der Waals surface area contributed by atoms with Crippen LogP contribution in [0.2, 0.25) is 10.0 Å². The molecule has 28 heavy (non-hydrogen) atoms. The van der Waals surface area contributed by atoms with Crippen LogP contribution in [-0.2, 0) is 14.3 Å². The first-order valence-electron chi connectivity index (χ1n) is 8.81. The Morgan fingerprint density at radius 2 is 1.75 bits per heavy atom. The Morgan fingerprint density at radius 3 is 2.25 bits per heavy atom. The fraction of sp³-hybridized carbons (Fsp3) is 0.526. The third-order valence-corrected chi connectivity index (χ3v) is 6.23. The second kappa shape index (κ2) is 9.85. The second-order valence-corrected chi connectivity index (χ2v) is 9.10. The molecule has 1 heterocycles. The van der Waals surface area contributed by atoms with Crippen LogP contribution in [0.4, 0.5) is 4.79 Å². The molecule has 154 valence electrons. The van der Waals surface area contributed by atoms with Crippen LogP contribution in [0.25, 0.3) is 0 Å². The molecule has 0 spiro atoms. The zero-order valence-electron chi connectivity index (χ0n) is 16.1. The normalized spacial score (nSPS) is 16.8. The Morgan fingerprint density at radius 1 is 1.18 bits per heavy atom. The van der Waals surface area contributed by atoms with Gasteiger partial charge in [-0.1, -0.05) is 23.2 Å². The van der Waals surface area contributed by atoms with Crippen molar-refractivity contribution in [1.82, 2.24) is 10.2 Å². The third kappa shape index (κ3) is 5.55. The van der Waals surface area contributed by atoms with Gasteiger partial charge in [-0.15, -0.1) is 0 Å². The van der Waals surface area contributed by atoms with Crippen LogP contribution in [0.1, 0.15) is 30.9 Å². The number of hydrogen-bond donors (Lipinski definition) is 1. The Hall–Kier alpha value is -1.44. The third-order valence-electron chi connectivity index (χ3n) is 4.81. The topological polar surface area (TPSA) is 75.7 Å². The molecule has 1 atom stereocenters. The van der Waals surface area contributed by atoms with E-state index < -0.39 is 17.6 Å². The molecule has 1 aromatic carbocycles. The molecule has 1 unspecified atom stereocenters. The quantitative estimate of drug-likeness (QED) is 0.715. The summed E-state index contributed by atoms with van der Waals surface area (Å²) in [5.41, 5.74) is -0.324. The number of benzene rings is 1. The summed E-state index contributed by atoms with van der Waals surface area (Å²) in [6.07, 6.45) is 0.494. The number of amides is 2. The van der Waals surface area contributed by atoms with Crippen LogP contribution >= 0.6 is 35.0 Å². The van der Waals surface area contributed by atoms with Crippen molar-refractivity contribution in [3.63, 3.8) is 0 Å². The van der Waals surface area contributed by atoms with Crippen LogP contribution < -0.4 is 5.32 Å². The molecule has 9 heteroatoms. The van der Waals surface area contributed by atoms with Gasteiger partial charge in [0.2, 0.25) is 5.91 Å². The maximum absolute atomic E-state index is 13.3. The first-order valence-corrected chi connectivity index (χ1v) is 10.7. The molecule has 1 N–H and O–H groups in total. The molecule has 6 nitrogen and oxygen atoms in total. The van der Waals surface area contributed by atoms with E-state index in [2.05, 4.69) is 10.1 Å². The Bertz CT molecular complexity index is 731. The van der Waals surface area contributed by atoms with E-state index in [1.165, 1.54) is 12.0 Å². The van der Waals surface area contributed by atoms with Gasteiger partial charge in [-0.25, -0.2) is 4.79 Å². The predicted molar refractivity (Wildman–Crippen MR) is 112 cm³/mol. The highest BCUT2D eigenvalue weighted by atomic mass is 35.5.